The van der Waals surface area contributed by atoms with Crippen LogP contribution in [0.25, 0.3) is 0 Å². The molecule has 0 heterocycles. The normalized spacial score (nSPS) is 9.33. The number of anilines is 1. The maximum Gasteiger partial charge on any atom is 0.335 e. The van der Waals surface area contributed by atoms with Crippen LogP contribution in [0, 0.1) is 12.3 Å². The molecule has 1 aromatic carbocycles. The molecule has 0 saturated carbocycles. The highest BCUT2D eigenvalue weighted by molar-refractivity contribution is 5.88. The Morgan fingerprint density at radius 3 is 2.87 bits per heavy atom. The van der Waals surface area contributed by atoms with Crippen LogP contribution in [0.2, 0.25) is 0 Å². The van der Waals surface area contributed by atoms with Crippen LogP contribution in [0.15, 0.2) is 24.3 Å². The minimum absolute atomic E-state index is 0.281. The highest BCUT2D eigenvalue weighted by Gasteiger charge is 2.06. The summed E-state index contributed by atoms with van der Waals surface area (Å²) in [7, 11) is 0. The van der Waals surface area contributed by atoms with Crippen molar-refractivity contribution in [2.75, 3.05) is 18.0 Å². The van der Waals surface area contributed by atoms with Crippen LogP contribution in [0.3, 0.4) is 0 Å². The molecule has 3 heteroatoms. The zero-order chi connectivity index (χ0) is 11.3. The topological polar surface area (TPSA) is 40.5 Å². The van der Waals surface area contributed by atoms with E-state index in [0.717, 1.165) is 12.2 Å². The van der Waals surface area contributed by atoms with Gasteiger partial charge in [-0.25, -0.2) is 4.79 Å². The molecule has 0 aliphatic rings. The van der Waals surface area contributed by atoms with Crippen molar-refractivity contribution in [3.8, 4) is 12.3 Å². The Balaban J connectivity index is 2.98. The van der Waals surface area contributed by atoms with Crippen molar-refractivity contribution < 1.29 is 9.90 Å². The number of benzene rings is 1. The fourth-order valence-electron chi connectivity index (χ4n) is 1.33. The third kappa shape index (κ3) is 2.75. The predicted molar refractivity (Wildman–Crippen MR) is 60.1 cm³/mol. The van der Waals surface area contributed by atoms with E-state index >= 15 is 0 Å². The van der Waals surface area contributed by atoms with Crippen molar-refractivity contribution in [1.29, 1.82) is 0 Å². The number of terminal acetylenes is 1. The minimum Gasteiger partial charge on any atom is -0.478 e. The van der Waals surface area contributed by atoms with Crippen LogP contribution in [-0.2, 0) is 0 Å². The van der Waals surface area contributed by atoms with Crippen molar-refractivity contribution in [3.05, 3.63) is 29.8 Å². The molecule has 1 rings (SSSR count). The molecule has 78 valence electrons. The maximum absolute atomic E-state index is 10.8. The zero-order valence-electron chi connectivity index (χ0n) is 8.60. The first-order valence-corrected chi connectivity index (χ1v) is 4.70. The van der Waals surface area contributed by atoms with E-state index in [1.54, 1.807) is 18.2 Å². The Hall–Kier alpha value is -1.95. The van der Waals surface area contributed by atoms with Gasteiger partial charge < -0.3 is 10.0 Å². The second-order valence-corrected chi connectivity index (χ2v) is 3.07. The van der Waals surface area contributed by atoms with Gasteiger partial charge >= 0.3 is 5.97 Å². The number of aromatic carboxylic acids is 1. The fourth-order valence-corrected chi connectivity index (χ4v) is 1.33. The summed E-state index contributed by atoms with van der Waals surface area (Å²) in [6.45, 7) is 3.22. The molecule has 1 N–H and O–H groups in total. The van der Waals surface area contributed by atoms with E-state index in [4.69, 9.17) is 11.5 Å². The lowest BCUT2D eigenvalue weighted by atomic mass is 10.2. The minimum atomic E-state index is -0.923. The lowest BCUT2D eigenvalue weighted by molar-refractivity contribution is 0.0697. The molecular formula is C12H13NO2. The number of hydrogen-bond donors (Lipinski definition) is 1. The van der Waals surface area contributed by atoms with Crippen LogP contribution in [-0.4, -0.2) is 24.2 Å². The summed E-state index contributed by atoms with van der Waals surface area (Å²) in [6, 6.07) is 6.77. The van der Waals surface area contributed by atoms with E-state index in [2.05, 4.69) is 5.92 Å². The lowest BCUT2D eigenvalue weighted by Crippen LogP contribution is -2.22. The molecule has 0 aromatic heterocycles. The van der Waals surface area contributed by atoms with E-state index < -0.39 is 5.97 Å². The van der Waals surface area contributed by atoms with Gasteiger partial charge in [0.15, 0.2) is 0 Å². The molecule has 0 radical (unpaired) electrons. The van der Waals surface area contributed by atoms with Gasteiger partial charge in [0.2, 0.25) is 0 Å². The molecule has 3 nitrogen and oxygen atoms in total. The van der Waals surface area contributed by atoms with Crippen LogP contribution < -0.4 is 4.90 Å². The Labute approximate surface area is 89.3 Å². The lowest BCUT2D eigenvalue weighted by Gasteiger charge is -2.20. The molecule has 0 fully saturated rings. The van der Waals surface area contributed by atoms with E-state index in [0.29, 0.717) is 6.54 Å². The number of nitrogens with zero attached hydrogens (tertiary/aromatic N) is 1. The van der Waals surface area contributed by atoms with Gasteiger partial charge in [-0.1, -0.05) is 12.0 Å². The molecule has 1 aromatic rings. The molecule has 0 atom stereocenters. The molecule has 0 bridgehead atoms. The molecule has 0 aliphatic heterocycles. The van der Waals surface area contributed by atoms with Gasteiger partial charge in [0.1, 0.15) is 0 Å². The van der Waals surface area contributed by atoms with Crippen molar-refractivity contribution >= 4 is 11.7 Å². The van der Waals surface area contributed by atoms with Gasteiger partial charge in [0, 0.05) is 12.2 Å². The van der Waals surface area contributed by atoms with Crippen molar-refractivity contribution in [2.45, 2.75) is 6.92 Å². The molecule has 0 spiro atoms. The smallest absolute Gasteiger partial charge is 0.335 e. The van der Waals surface area contributed by atoms with Crippen LogP contribution in [0.4, 0.5) is 5.69 Å². The average Bonchev–Trinajstić information content (AvgIpc) is 2.26. The van der Waals surface area contributed by atoms with Gasteiger partial charge in [0.25, 0.3) is 0 Å². The summed E-state index contributed by atoms with van der Waals surface area (Å²) in [4.78, 5) is 12.7. The molecule has 0 unspecified atom stereocenters. The summed E-state index contributed by atoms with van der Waals surface area (Å²) in [6.07, 6.45) is 5.23. The quantitative estimate of drug-likeness (QED) is 0.759. The Morgan fingerprint density at radius 2 is 2.33 bits per heavy atom. The largest absolute Gasteiger partial charge is 0.478 e. The second kappa shape index (κ2) is 5.06. The third-order valence-corrected chi connectivity index (χ3v) is 2.12. The number of hydrogen-bond acceptors (Lipinski definition) is 2. The molecule has 0 saturated heterocycles. The summed E-state index contributed by atoms with van der Waals surface area (Å²) < 4.78 is 0. The number of carboxylic acid groups (broad SMARTS) is 1. The van der Waals surface area contributed by atoms with E-state index in [1.807, 2.05) is 17.9 Å². The Morgan fingerprint density at radius 1 is 1.60 bits per heavy atom. The van der Waals surface area contributed by atoms with Crippen molar-refractivity contribution in [1.82, 2.24) is 0 Å². The fraction of sp³-hybridized carbons (Fsp3) is 0.250. The summed E-state index contributed by atoms with van der Waals surface area (Å²) >= 11 is 0. The maximum atomic E-state index is 10.8. The zero-order valence-corrected chi connectivity index (χ0v) is 8.60. The molecule has 0 aliphatic carbocycles. The number of carboxylic acids is 1. The van der Waals surface area contributed by atoms with Gasteiger partial charge in [-0.3, -0.25) is 0 Å². The predicted octanol–water partition coefficient (Wildman–Crippen LogP) is 1.84. The average molecular weight is 203 g/mol. The third-order valence-electron chi connectivity index (χ3n) is 2.12. The van der Waals surface area contributed by atoms with E-state index in [9.17, 15) is 4.79 Å². The van der Waals surface area contributed by atoms with Gasteiger partial charge in [0.05, 0.1) is 12.1 Å². The first kappa shape index (κ1) is 11.1. The van der Waals surface area contributed by atoms with Crippen LogP contribution >= 0.6 is 0 Å². The van der Waals surface area contributed by atoms with E-state index in [-0.39, 0.29) is 5.56 Å². The van der Waals surface area contributed by atoms with Crippen LogP contribution in [0.5, 0.6) is 0 Å². The Bertz CT molecular complexity index is 393. The SMILES string of the molecule is C#CCN(CC)c1cccc(C(=O)O)c1. The van der Waals surface area contributed by atoms with Gasteiger partial charge in [-0.15, -0.1) is 6.42 Å². The first-order valence-electron chi connectivity index (χ1n) is 4.70. The van der Waals surface area contributed by atoms with E-state index in [1.165, 1.54) is 0 Å². The van der Waals surface area contributed by atoms with Crippen LogP contribution in [0.1, 0.15) is 17.3 Å². The standard InChI is InChI=1S/C12H13NO2/c1-3-8-13(4-2)11-7-5-6-10(9-11)12(14)15/h1,5-7,9H,4,8H2,2H3,(H,14,15). The summed E-state index contributed by atoms with van der Waals surface area (Å²) in [5.74, 6) is 1.62. The first-order chi connectivity index (χ1) is 7.19. The summed E-state index contributed by atoms with van der Waals surface area (Å²) in [5, 5.41) is 8.83. The number of rotatable bonds is 4. The van der Waals surface area contributed by atoms with Gasteiger partial charge in [-0.2, -0.15) is 0 Å². The number of carbonyl (C=O) groups is 1. The molecule has 0 amide bonds. The Kier molecular flexibility index (Phi) is 3.75. The highest BCUT2D eigenvalue weighted by atomic mass is 16.4. The van der Waals surface area contributed by atoms with Gasteiger partial charge in [-0.05, 0) is 25.1 Å². The highest BCUT2D eigenvalue weighted by Crippen LogP contribution is 2.15. The van der Waals surface area contributed by atoms with Crippen molar-refractivity contribution in [3.63, 3.8) is 0 Å². The monoisotopic (exact) mass is 203 g/mol. The van der Waals surface area contributed by atoms with Crippen molar-refractivity contribution in [2.24, 2.45) is 0 Å². The summed E-state index contributed by atoms with van der Waals surface area (Å²) in [5.41, 5.74) is 1.12. The molecule has 15 heavy (non-hydrogen) atoms. The second-order valence-electron chi connectivity index (χ2n) is 3.07. The molecular weight excluding hydrogens is 190 g/mol.